The Kier molecular flexibility index (Phi) is 3.08. The number of aliphatic hydroxyl groups excluding tert-OH is 2. The van der Waals surface area contributed by atoms with Crippen LogP contribution in [0.3, 0.4) is 0 Å². The van der Waals surface area contributed by atoms with Crippen molar-refractivity contribution in [1.29, 1.82) is 0 Å². The molecule has 0 saturated carbocycles. The van der Waals surface area contributed by atoms with E-state index in [0.29, 0.717) is 0 Å². The van der Waals surface area contributed by atoms with Crippen LogP contribution < -0.4 is 0 Å². The third-order valence-electron chi connectivity index (χ3n) is 2.12. The minimum atomic E-state index is -1.35. The maximum Gasteiger partial charge on any atom is 0.134 e. The molecular formula is C9H16O4. The van der Waals surface area contributed by atoms with E-state index in [1.807, 2.05) is 6.92 Å². The van der Waals surface area contributed by atoms with Gasteiger partial charge in [-0.25, -0.2) is 0 Å². The molecule has 1 fully saturated rings. The summed E-state index contributed by atoms with van der Waals surface area (Å²) in [5.74, 6) is 0. The Morgan fingerprint density at radius 3 is 2.46 bits per heavy atom. The van der Waals surface area contributed by atoms with Crippen LogP contribution in [0.1, 0.15) is 13.8 Å². The first-order chi connectivity index (χ1) is 5.99. The van der Waals surface area contributed by atoms with E-state index in [1.54, 1.807) is 6.92 Å². The lowest BCUT2D eigenvalue weighted by Crippen LogP contribution is -2.38. The Morgan fingerprint density at radius 2 is 2.15 bits per heavy atom. The molecule has 4 heteroatoms. The zero-order chi connectivity index (χ0) is 10.1. The molecule has 0 spiro atoms. The van der Waals surface area contributed by atoms with E-state index in [0.717, 1.165) is 0 Å². The number of epoxide rings is 1. The average molecular weight is 192 g/mol. The molecule has 0 aromatic heterocycles. The Morgan fingerprint density at radius 1 is 1.62 bits per heavy atom. The van der Waals surface area contributed by atoms with E-state index in [9.17, 15) is 5.11 Å². The van der Waals surface area contributed by atoms with E-state index in [1.165, 1.54) is 12.2 Å². The summed E-state index contributed by atoms with van der Waals surface area (Å²) in [6.07, 6.45) is 1.81. The lowest BCUT2D eigenvalue weighted by molar-refractivity contribution is 0.00367. The summed E-state index contributed by atoms with van der Waals surface area (Å²) in [7, 11) is 0. The highest BCUT2D eigenvalue weighted by Gasteiger charge is 2.49. The second kappa shape index (κ2) is 3.75. The van der Waals surface area contributed by atoms with Crippen molar-refractivity contribution in [3.63, 3.8) is 0 Å². The van der Waals surface area contributed by atoms with Crippen molar-refractivity contribution in [2.24, 2.45) is 0 Å². The van der Waals surface area contributed by atoms with Gasteiger partial charge in [-0.1, -0.05) is 6.08 Å². The molecule has 1 heterocycles. The van der Waals surface area contributed by atoms with Gasteiger partial charge >= 0.3 is 0 Å². The van der Waals surface area contributed by atoms with Gasteiger partial charge in [0.2, 0.25) is 0 Å². The topological polar surface area (TPSA) is 73.2 Å². The number of rotatable bonds is 4. The van der Waals surface area contributed by atoms with Gasteiger partial charge < -0.3 is 20.1 Å². The van der Waals surface area contributed by atoms with Crippen LogP contribution in [-0.2, 0) is 4.74 Å². The lowest BCUT2D eigenvalue weighted by atomic mass is 10.2. The van der Waals surface area contributed by atoms with Gasteiger partial charge in [0, 0.05) is 0 Å². The minimum Gasteiger partial charge on any atom is -0.393 e. The first-order valence-corrected chi connectivity index (χ1v) is 4.36. The highest BCUT2D eigenvalue weighted by molar-refractivity contribution is 5.12. The normalized spacial score (nSPS) is 34.5. The Balaban J connectivity index is 2.59. The summed E-state index contributed by atoms with van der Waals surface area (Å²) in [5.41, 5.74) is -1.35. The molecule has 1 aliphatic heterocycles. The van der Waals surface area contributed by atoms with Crippen LogP contribution in [0.15, 0.2) is 12.2 Å². The van der Waals surface area contributed by atoms with E-state index >= 15 is 0 Å². The van der Waals surface area contributed by atoms with Gasteiger partial charge in [0.25, 0.3) is 0 Å². The molecule has 76 valence electrons. The monoisotopic (exact) mass is 192 g/mol. The number of aliphatic hydroxyl groups is 3. The summed E-state index contributed by atoms with van der Waals surface area (Å²) in [5, 5.41) is 27.7. The summed E-state index contributed by atoms with van der Waals surface area (Å²) in [6, 6.07) is 0. The van der Waals surface area contributed by atoms with Gasteiger partial charge in [-0.05, 0) is 19.9 Å². The Hall–Kier alpha value is -0.420. The number of ether oxygens (including phenoxy) is 1. The smallest absolute Gasteiger partial charge is 0.134 e. The third kappa shape index (κ3) is 2.51. The van der Waals surface area contributed by atoms with Crippen LogP contribution in [0.2, 0.25) is 0 Å². The van der Waals surface area contributed by atoms with Gasteiger partial charge in [-0.3, -0.25) is 0 Å². The standard InChI is InChI=1S/C9H16O4/c1-6(11)3-4-9(12,5-10)8-7(2)13-8/h3-4,6-8,10-12H,5H2,1-2H3/b4-3+/t6-,7-,8+,9+/m0/s1/i4+1,5+1,6+1,7+1. The zero-order valence-corrected chi connectivity index (χ0v) is 7.84. The number of hydrogen-bond acceptors (Lipinski definition) is 4. The Bertz CT molecular complexity index is 202. The molecule has 0 aromatic rings. The van der Waals surface area contributed by atoms with Gasteiger partial charge in [0.1, 0.15) is 11.7 Å². The highest BCUT2D eigenvalue weighted by Crippen LogP contribution is 2.32. The molecule has 3 N–H and O–H groups in total. The van der Waals surface area contributed by atoms with Crippen molar-refractivity contribution in [3.8, 4) is 0 Å². The van der Waals surface area contributed by atoms with Gasteiger partial charge in [0.05, 0.1) is 18.8 Å². The Labute approximate surface area is 77.5 Å². The molecular weight excluding hydrogens is 176 g/mol. The maximum absolute atomic E-state index is 9.81. The average Bonchev–Trinajstić information content (AvgIpc) is 2.79. The summed E-state index contributed by atoms with van der Waals surface area (Å²) in [6.45, 7) is 3.00. The molecule has 4 nitrogen and oxygen atoms in total. The second-order valence-corrected chi connectivity index (χ2v) is 3.51. The summed E-state index contributed by atoms with van der Waals surface area (Å²) < 4.78 is 5.06. The predicted octanol–water partition coefficient (Wildman–Crippen LogP) is -0.566. The molecule has 1 aliphatic rings. The maximum atomic E-state index is 9.81. The fourth-order valence-electron chi connectivity index (χ4n) is 1.25. The first-order valence-electron chi connectivity index (χ1n) is 4.36. The fourth-order valence-corrected chi connectivity index (χ4v) is 1.25. The van der Waals surface area contributed by atoms with Crippen LogP contribution in [-0.4, -0.2) is 45.8 Å². The molecule has 0 unspecified atom stereocenters. The molecule has 4 atom stereocenters. The lowest BCUT2D eigenvalue weighted by Gasteiger charge is -2.19. The summed E-state index contributed by atoms with van der Waals surface area (Å²) in [4.78, 5) is 0. The zero-order valence-electron chi connectivity index (χ0n) is 7.84. The van der Waals surface area contributed by atoms with Crippen molar-refractivity contribution < 1.29 is 20.1 Å². The molecule has 0 radical (unpaired) electrons. The quantitative estimate of drug-likeness (QED) is 0.317. The van der Waals surface area contributed by atoms with Gasteiger partial charge in [-0.15, -0.1) is 0 Å². The van der Waals surface area contributed by atoms with Crippen LogP contribution in [0.5, 0.6) is 0 Å². The van der Waals surface area contributed by atoms with Gasteiger partial charge in [0.15, 0.2) is 0 Å². The van der Waals surface area contributed by atoms with Crippen molar-refractivity contribution in [1.82, 2.24) is 0 Å². The van der Waals surface area contributed by atoms with Gasteiger partial charge in [-0.2, -0.15) is 0 Å². The molecule has 0 aliphatic carbocycles. The van der Waals surface area contributed by atoms with Crippen LogP contribution in [0.4, 0.5) is 0 Å². The molecule has 13 heavy (non-hydrogen) atoms. The summed E-state index contributed by atoms with van der Waals surface area (Å²) >= 11 is 0. The minimum absolute atomic E-state index is 0.0317. The van der Waals surface area contributed by atoms with E-state index < -0.39 is 18.3 Å². The highest BCUT2D eigenvalue weighted by atomic mass is 16.7. The van der Waals surface area contributed by atoms with Crippen LogP contribution >= 0.6 is 0 Å². The van der Waals surface area contributed by atoms with Crippen LogP contribution in [0, 0.1) is 0 Å². The van der Waals surface area contributed by atoms with E-state index in [2.05, 4.69) is 0 Å². The molecule has 0 amide bonds. The van der Waals surface area contributed by atoms with Crippen molar-refractivity contribution in [3.05, 3.63) is 12.2 Å². The van der Waals surface area contributed by atoms with E-state index in [-0.39, 0.29) is 12.2 Å². The molecule has 1 rings (SSSR count). The SMILES string of the molecule is C[13C@H](O)/C=[13CH]/[C@@](O)([13CH2]O)[C@@H]1O[13C@H]1C. The fraction of sp³-hybridized carbons (Fsp3) is 0.778. The van der Waals surface area contributed by atoms with Crippen molar-refractivity contribution >= 4 is 0 Å². The first kappa shape index (κ1) is 10.7. The third-order valence-corrected chi connectivity index (χ3v) is 2.12. The molecule has 0 bridgehead atoms. The molecule has 0 aromatic carbocycles. The van der Waals surface area contributed by atoms with Crippen molar-refractivity contribution in [2.75, 3.05) is 6.61 Å². The van der Waals surface area contributed by atoms with Crippen LogP contribution in [0.25, 0.3) is 0 Å². The number of hydrogen-bond donors (Lipinski definition) is 3. The predicted molar refractivity (Wildman–Crippen MR) is 47.2 cm³/mol. The largest absolute Gasteiger partial charge is 0.393 e. The van der Waals surface area contributed by atoms with Crippen molar-refractivity contribution in [2.45, 2.75) is 37.8 Å². The molecule has 1 saturated heterocycles. The second-order valence-electron chi connectivity index (χ2n) is 3.51. The van der Waals surface area contributed by atoms with E-state index in [4.69, 9.17) is 14.9 Å².